The van der Waals surface area contributed by atoms with Crippen LogP contribution < -0.4 is 11.5 Å². The first kappa shape index (κ1) is 12.1. The van der Waals surface area contributed by atoms with Crippen molar-refractivity contribution < 1.29 is 0 Å². The van der Waals surface area contributed by atoms with Crippen LogP contribution in [-0.4, -0.2) is 6.54 Å². The Kier molecular flexibility index (Phi) is 4.48. The number of hydrogen-bond donors (Lipinski definition) is 2. The smallest absolute Gasteiger partial charge is 0.0654 e. The van der Waals surface area contributed by atoms with Crippen molar-refractivity contribution in [1.82, 2.24) is 0 Å². The summed E-state index contributed by atoms with van der Waals surface area (Å²) in [4.78, 5) is 0. The molecule has 14 heavy (non-hydrogen) atoms. The van der Waals surface area contributed by atoms with Crippen molar-refractivity contribution in [1.29, 1.82) is 0 Å². The minimum absolute atomic E-state index is 0.265. The second kappa shape index (κ2) is 5.19. The Bertz CT molecular complexity index is 328. The monoisotopic (exact) mass is 252 g/mol. The molecule has 0 aromatic heterocycles. The van der Waals surface area contributed by atoms with Gasteiger partial charge in [0.15, 0.2) is 0 Å². The number of benzene rings is 1. The molecule has 4 N–H and O–H groups in total. The van der Waals surface area contributed by atoms with E-state index in [-0.39, 0.29) is 6.04 Å². The van der Waals surface area contributed by atoms with Crippen molar-refractivity contribution >= 4 is 34.8 Å². The second-order valence-corrected chi connectivity index (χ2v) is 4.13. The zero-order valence-corrected chi connectivity index (χ0v) is 9.70. The number of rotatable bonds is 3. The van der Waals surface area contributed by atoms with E-state index in [0.717, 1.165) is 0 Å². The third-order valence-corrected chi connectivity index (χ3v) is 3.08. The maximum atomic E-state index is 5.99. The first-order chi connectivity index (χ1) is 6.57. The summed E-state index contributed by atoms with van der Waals surface area (Å²) in [7, 11) is 0. The summed E-state index contributed by atoms with van der Waals surface area (Å²) in [6.45, 7) is 0.486. The van der Waals surface area contributed by atoms with E-state index in [4.69, 9.17) is 46.3 Å². The van der Waals surface area contributed by atoms with Gasteiger partial charge in [-0.3, -0.25) is 0 Å². The molecular formula is C9H11Cl3N2. The van der Waals surface area contributed by atoms with Gasteiger partial charge in [-0.25, -0.2) is 0 Å². The highest BCUT2D eigenvalue weighted by molar-refractivity contribution is 6.44. The summed E-state index contributed by atoms with van der Waals surface area (Å²) in [6.07, 6.45) is 0.625. The molecule has 78 valence electrons. The third kappa shape index (κ3) is 2.53. The fourth-order valence-electron chi connectivity index (χ4n) is 1.21. The molecule has 0 aliphatic carbocycles. The van der Waals surface area contributed by atoms with Gasteiger partial charge in [-0.05, 0) is 25.1 Å². The molecule has 1 unspecified atom stereocenters. The van der Waals surface area contributed by atoms with Gasteiger partial charge in [-0.15, -0.1) is 0 Å². The molecule has 0 spiro atoms. The highest BCUT2D eigenvalue weighted by Crippen LogP contribution is 2.35. The van der Waals surface area contributed by atoms with Crippen LogP contribution in [0.5, 0.6) is 0 Å². The SMILES string of the molecule is NCCC(N)c1c(Cl)ccc(Cl)c1Cl. The van der Waals surface area contributed by atoms with Gasteiger partial charge < -0.3 is 11.5 Å². The molecule has 1 atom stereocenters. The second-order valence-electron chi connectivity index (χ2n) is 2.94. The first-order valence-corrected chi connectivity index (χ1v) is 5.30. The summed E-state index contributed by atoms with van der Waals surface area (Å²) in [5.74, 6) is 0. The van der Waals surface area contributed by atoms with Crippen molar-refractivity contribution in [3.05, 3.63) is 32.8 Å². The Morgan fingerprint density at radius 2 is 1.71 bits per heavy atom. The largest absolute Gasteiger partial charge is 0.330 e. The quantitative estimate of drug-likeness (QED) is 0.814. The van der Waals surface area contributed by atoms with Crippen molar-refractivity contribution in [2.75, 3.05) is 6.54 Å². The van der Waals surface area contributed by atoms with Crippen molar-refractivity contribution in [3.8, 4) is 0 Å². The van der Waals surface area contributed by atoms with Crippen LogP contribution in [0.2, 0.25) is 15.1 Å². The van der Waals surface area contributed by atoms with E-state index >= 15 is 0 Å². The lowest BCUT2D eigenvalue weighted by Gasteiger charge is -2.15. The van der Waals surface area contributed by atoms with Gasteiger partial charge in [-0.1, -0.05) is 34.8 Å². The summed E-state index contributed by atoms with van der Waals surface area (Å²) in [6, 6.07) is 3.06. The van der Waals surface area contributed by atoms with Gasteiger partial charge in [0, 0.05) is 16.6 Å². The standard InChI is InChI=1S/C9H11Cl3N2/c10-5-1-2-6(11)9(12)8(5)7(14)3-4-13/h1-2,7H,3-4,13-14H2. The van der Waals surface area contributed by atoms with Crippen LogP contribution >= 0.6 is 34.8 Å². The number of halogens is 3. The molecule has 0 saturated heterocycles. The maximum Gasteiger partial charge on any atom is 0.0654 e. The molecule has 0 aliphatic rings. The van der Waals surface area contributed by atoms with Gasteiger partial charge in [0.1, 0.15) is 0 Å². The molecular weight excluding hydrogens is 242 g/mol. The van der Waals surface area contributed by atoms with Crippen LogP contribution in [0.4, 0.5) is 0 Å². The molecule has 1 aromatic rings. The van der Waals surface area contributed by atoms with Gasteiger partial charge in [0.05, 0.1) is 10.0 Å². The summed E-state index contributed by atoms with van der Waals surface area (Å²) < 4.78 is 0. The lowest BCUT2D eigenvalue weighted by atomic mass is 10.0. The lowest BCUT2D eigenvalue weighted by molar-refractivity contribution is 0.662. The van der Waals surface area contributed by atoms with E-state index in [2.05, 4.69) is 0 Å². The van der Waals surface area contributed by atoms with E-state index in [1.807, 2.05) is 0 Å². The van der Waals surface area contributed by atoms with Gasteiger partial charge in [0.2, 0.25) is 0 Å². The van der Waals surface area contributed by atoms with Crippen molar-refractivity contribution in [2.45, 2.75) is 12.5 Å². The molecule has 2 nitrogen and oxygen atoms in total. The Labute approximate surface area is 98.1 Å². The average molecular weight is 254 g/mol. The van der Waals surface area contributed by atoms with Gasteiger partial charge in [0.25, 0.3) is 0 Å². The molecule has 5 heteroatoms. The van der Waals surface area contributed by atoms with E-state index in [9.17, 15) is 0 Å². The maximum absolute atomic E-state index is 5.99. The zero-order valence-electron chi connectivity index (χ0n) is 7.43. The summed E-state index contributed by atoms with van der Waals surface area (Å²) in [5, 5.41) is 1.40. The Balaban J connectivity index is 3.11. The lowest BCUT2D eigenvalue weighted by Crippen LogP contribution is -2.16. The minimum atomic E-state index is -0.265. The van der Waals surface area contributed by atoms with Crippen LogP contribution in [0, 0.1) is 0 Å². The van der Waals surface area contributed by atoms with E-state index in [1.165, 1.54) is 0 Å². The average Bonchev–Trinajstić information content (AvgIpc) is 2.13. The van der Waals surface area contributed by atoms with Crippen LogP contribution in [0.1, 0.15) is 18.0 Å². The zero-order chi connectivity index (χ0) is 10.7. The minimum Gasteiger partial charge on any atom is -0.330 e. The predicted octanol–water partition coefficient (Wildman–Crippen LogP) is 3.00. The van der Waals surface area contributed by atoms with Crippen LogP contribution in [0.25, 0.3) is 0 Å². The molecule has 0 fully saturated rings. The number of hydrogen-bond acceptors (Lipinski definition) is 2. The third-order valence-electron chi connectivity index (χ3n) is 1.93. The topological polar surface area (TPSA) is 52.0 Å². The Morgan fingerprint density at radius 3 is 2.29 bits per heavy atom. The molecule has 0 bridgehead atoms. The van der Waals surface area contributed by atoms with E-state index in [0.29, 0.717) is 33.6 Å². The van der Waals surface area contributed by atoms with Gasteiger partial charge >= 0.3 is 0 Å². The Morgan fingerprint density at radius 1 is 1.14 bits per heavy atom. The molecule has 1 rings (SSSR count). The molecule has 1 aromatic carbocycles. The van der Waals surface area contributed by atoms with Crippen LogP contribution in [0.15, 0.2) is 12.1 Å². The summed E-state index contributed by atoms with van der Waals surface area (Å²) in [5.41, 5.74) is 11.9. The van der Waals surface area contributed by atoms with Crippen molar-refractivity contribution in [2.24, 2.45) is 11.5 Å². The van der Waals surface area contributed by atoms with Crippen molar-refractivity contribution in [3.63, 3.8) is 0 Å². The highest BCUT2D eigenvalue weighted by atomic mass is 35.5. The molecule has 0 heterocycles. The Hall–Kier alpha value is 0.01000. The molecule has 0 amide bonds. The fourth-order valence-corrected chi connectivity index (χ4v) is 2.02. The normalized spacial score (nSPS) is 12.9. The van der Waals surface area contributed by atoms with Crippen LogP contribution in [-0.2, 0) is 0 Å². The van der Waals surface area contributed by atoms with E-state index in [1.54, 1.807) is 12.1 Å². The number of nitrogens with two attached hydrogens (primary N) is 2. The first-order valence-electron chi connectivity index (χ1n) is 4.17. The predicted molar refractivity (Wildman–Crippen MR) is 62.1 cm³/mol. The fraction of sp³-hybridized carbons (Fsp3) is 0.333. The molecule has 0 aliphatic heterocycles. The highest BCUT2D eigenvalue weighted by Gasteiger charge is 2.15. The van der Waals surface area contributed by atoms with E-state index < -0.39 is 0 Å². The molecule has 0 radical (unpaired) electrons. The summed E-state index contributed by atoms with van der Waals surface area (Å²) >= 11 is 17.8. The van der Waals surface area contributed by atoms with Gasteiger partial charge in [-0.2, -0.15) is 0 Å². The molecule has 0 saturated carbocycles. The van der Waals surface area contributed by atoms with Crippen LogP contribution in [0.3, 0.4) is 0 Å².